The molecule has 2 heterocycles. The molecular weight excluding hydrogens is 420 g/mol. The van der Waals surface area contributed by atoms with Crippen molar-refractivity contribution in [3.05, 3.63) is 64.3 Å². The second kappa shape index (κ2) is 8.72. The number of anilines is 1. The van der Waals surface area contributed by atoms with Crippen LogP contribution in [-0.4, -0.2) is 39.6 Å². The maximum Gasteiger partial charge on any atom is 0.349 e. The zero-order valence-corrected chi connectivity index (χ0v) is 16.2. The Labute approximate surface area is 173 Å². The van der Waals surface area contributed by atoms with E-state index >= 15 is 0 Å². The molecule has 0 bridgehead atoms. The molecule has 0 atom stereocenters. The van der Waals surface area contributed by atoms with Crippen molar-refractivity contribution in [2.75, 3.05) is 11.9 Å². The van der Waals surface area contributed by atoms with Gasteiger partial charge in [-0.2, -0.15) is 0 Å². The minimum atomic E-state index is -1.27. The lowest BCUT2D eigenvalue weighted by Crippen LogP contribution is -2.11. The predicted octanol–water partition coefficient (Wildman–Crippen LogP) is 3.88. The monoisotopic (exact) mass is 432 g/mol. The first kappa shape index (κ1) is 20.3. The van der Waals surface area contributed by atoms with Crippen molar-refractivity contribution in [3.8, 4) is 16.2 Å². The van der Waals surface area contributed by atoms with Crippen molar-refractivity contribution in [2.24, 2.45) is 0 Å². The van der Waals surface area contributed by atoms with E-state index in [1.54, 1.807) is 42.6 Å². The molecule has 3 N–H and O–H groups in total. The molecule has 0 radical (unpaired) electrons. The van der Waals surface area contributed by atoms with Crippen molar-refractivity contribution in [2.45, 2.75) is 0 Å². The zero-order valence-electron chi connectivity index (χ0n) is 14.6. The summed E-state index contributed by atoms with van der Waals surface area (Å²) in [5, 5.41) is 20.8. The second-order valence-corrected chi connectivity index (χ2v) is 7.06. The highest BCUT2D eigenvalue weighted by Crippen LogP contribution is 2.45. The number of nitrogens with zero attached hydrogens (tertiary/aromatic N) is 1. The highest BCUT2D eigenvalue weighted by Gasteiger charge is 2.24. The van der Waals surface area contributed by atoms with Crippen molar-refractivity contribution in [1.82, 2.24) is 4.98 Å². The molecule has 0 aliphatic rings. The average molecular weight is 433 g/mol. The van der Waals surface area contributed by atoms with Gasteiger partial charge in [0, 0.05) is 18.1 Å². The third-order valence-electron chi connectivity index (χ3n) is 3.67. The van der Waals surface area contributed by atoms with Crippen LogP contribution in [0.25, 0.3) is 10.4 Å². The van der Waals surface area contributed by atoms with Crippen LogP contribution in [0, 0.1) is 0 Å². The Morgan fingerprint density at radius 3 is 2.45 bits per heavy atom. The van der Waals surface area contributed by atoms with E-state index in [1.165, 1.54) is 6.20 Å². The second-order valence-electron chi connectivity index (χ2n) is 5.66. The highest BCUT2D eigenvalue weighted by atomic mass is 35.5. The number of carbonyl (C=O) groups is 3. The summed E-state index contributed by atoms with van der Waals surface area (Å²) in [5.41, 5.74) is 1.52. The van der Waals surface area contributed by atoms with Crippen LogP contribution in [0.5, 0.6) is 5.75 Å². The number of benzene rings is 1. The van der Waals surface area contributed by atoms with E-state index in [1.807, 2.05) is 0 Å². The quantitative estimate of drug-likeness (QED) is 0.517. The molecule has 0 unspecified atom stereocenters. The molecule has 8 nitrogen and oxygen atoms in total. The standard InChI is InChI=1S/C19H13ClN2O6S/c20-14-15(28-9-13(23)24)17(19(26)27)29-16(14)10-3-5-12(6-4-10)22-18(25)11-2-1-7-21-8-11/h1-8H,9H2,(H,22,25)(H,23,24)(H,26,27). The number of nitrogens with one attached hydrogen (secondary N) is 1. The van der Waals surface area contributed by atoms with E-state index in [-0.39, 0.29) is 21.6 Å². The van der Waals surface area contributed by atoms with E-state index in [2.05, 4.69) is 10.3 Å². The smallest absolute Gasteiger partial charge is 0.349 e. The number of hydrogen-bond acceptors (Lipinski definition) is 6. The van der Waals surface area contributed by atoms with Gasteiger partial charge in [0.15, 0.2) is 17.2 Å². The van der Waals surface area contributed by atoms with Gasteiger partial charge in [-0.3, -0.25) is 9.78 Å². The SMILES string of the molecule is O=C(O)COc1c(C(=O)O)sc(-c2ccc(NC(=O)c3cccnc3)cc2)c1Cl. The summed E-state index contributed by atoms with van der Waals surface area (Å²) in [5.74, 6) is -3.03. The molecule has 0 aliphatic heterocycles. The first-order valence-corrected chi connectivity index (χ1v) is 9.28. The molecule has 1 aromatic carbocycles. The number of rotatable bonds is 7. The molecule has 10 heteroatoms. The van der Waals surface area contributed by atoms with Gasteiger partial charge in [0.05, 0.1) is 10.4 Å². The third kappa shape index (κ3) is 4.71. The fourth-order valence-corrected chi connectivity index (χ4v) is 3.80. The van der Waals surface area contributed by atoms with Crippen LogP contribution >= 0.6 is 22.9 Å². The number of hydrogen-bond donors (Lipinski definition) is 3. The number of pyridine rings is 1. The number of ether oxygens (including phenoxy) is 1. The van der Waals surface area contributed by atoms with Crippen LogP contribution < -0.4 is 10.1 Å². The van der Waals surface area contributed by atoms with Crippen LogP contribution in [0.1, 0.15) is 20.0 Å². The highest BCUT2D eigenvalue weighted by molar-refractivity contribution is 7.18. The average Bonchev–Trinajstić information content (AvgIpc) is 3.04. The Kier molecular flexibility index (Phi) is 6.10. The zero-order chi connectivity index (χ0) is 21.0. The number of amides is 1. The van der Waals surface area contributed by atoms with E-state index < -0.39 is 18.5 Å². The molecule has 0 spiro atoms. The minimum Gasteiger partial charge on any atom is -0.479 e. The van der Waals surface area contributed by atoms with E-state index in [4.69, 9.17) is 21.4 Å². The molecule has 3 aromatic rings. The summed E-state index contributed by atoms with van der Waals surface area (Å²) >= 11 is 7.12. The molecule has 2 aromatic heterocycles. The number of thiophene rings is 1. The molecule has 3 rings (SSSR count). The molecular formula is C19H13ClN2O6S. The van der Waals surface area contributed by atoms with Crippen molar-refractivity contribution in [3.63, 3.8) is 0 Å². The summed E-state index contributed by atoms with van der Waals surface area (Å²) < 4.78 is 5.05. The fourth-order valence-electron chi connectivity index (χ4n) is 2.39. The maximum atomic E-state index is 12.2. The number of aromatic carboxylic acids is 1. The number of aromatic nitrogens is 1. The predicted molar refractivity (Wildman–Crippen MR) is 107 cm³/mol. The third-order valence-corrected chi connectivity index (χ3v) is 5.35. The lowest BCUT2D eigenvalue weighted by Gasteiger charge is -2.06. The Hall–Kier alpha value is -3.43. The number of carbonyl (C=O) groups excluding carboxylic acids is 1. The van der Waals surface area contributed by atoms with Gasteiger partial charge in [-0.25, -0.2) is 9.59 Å². The van der Waals surface area contributed by atoms with Crippen LogP contribution in [0.2, 0.25) is 5.02 Å². The number of carboxylic acids is 2. The lowest BCUT2D eigenvalue weighted by molar-refractivity contribution is -0.139. The van der Waals surface area contributed by atoms with Gasteiger partial charge < -0.3 is 20.3 Å². The largest absolute Gasteiger partial charge is 0.479 e. The van der Waals surface area contributed by atoms with Crippen LogP contribution in [0.4, 0.5) is 5.69 Å². The first-order chi connectivity index (χ1) is 13.9. The fraction of sp³-hybridized carbons (Fsp3) is 0.0526. The topological polar surface area (TPSA) is 126 Å². The molecule has 0 saturated carbocycles. The molecule has 0 aliphatic carbocycles. The Balaban J connectivity index is 1.84. The van der Waals surface area contributed by atoms with Crippen LogP contribution in [0.15, 0.2) is 48.8 Å². The molecule has 0 saturated heterocycles. The van der Waals surface area contributed by atoms with Gasteiger partial charge in [0.2, 0.25) is 0 Å². The van der Waals surface area contributed by atoms with E-state index in [0.29, 0.717) is 21.7 Å². The van der Waals surface area contributed by atoms with Gasteiger partial charge in [0.1, 0.15) is 5.02 Å². The van der Waals surface area contributed by atoms with Crippen LogP contribution in [-0.2, 0) is 4.79 Å². The molecule has 0 fully saturated rings. The van der Waals surface area contributed by atoms with Crippen molar-refractivity contribution < 1.29 is 29.3 Å². The normalized spacial score (nSPS) is 10.4. The van der Waals surface area contributed by atoms with Gasteiger partial charge >= 0.3 is 11.9 Å². The van der Waals surface area contributed by atoms with E-state index in [9.17, 15) is 19.5 Å². The number of halogens is 1. The Morgan fingerprint density at radius 1 is 1.14 bits per heavy atom. The molecule has 1 amide bonds. The Morgan fingerprint density at radius 2 is 1.86 bits per heavy atom. The van der Waals surface area contributed by atoms with Crippen molar-refractivity contribution in [1.29, 1.82) is 0 Å². The summed E-state index contributed by atoms with van der Waals surface area (Å²) in [4.78, 5) is 38.4. The van der Waals surface area contributed by atoms with Crippen molar-refractivity contribution >= 4 is 46.5 Å². The lowest BCUT2D eigenvalue weighted by atomic mass is 10.1. The number of aliphatic carboxylic acids is 1. The van der Waals surface area contributed by atoms with Gasteiger partial charge in [-0.1, -0.05) is 23.7 Å². The summed E-state index contributed by atoms with van der Waals surface area (Å²) in [6, 6.07) is 9.87. The van der Waals surface area contributed by atoms with Gasteiger partial charge in [-0.05, 0) is 29.8 Å². The molecule has 29 heavy (non-hydrogen) atoms. The van der Waals surface area contributed by atoms with Gasteiger partial charge in [-0.15, -0.1) is 11.3 Å². The van der Waals surface area contributed by atoms with Crippen LogP contribution in [0.3, 0.4) is 0 Å². The summed E-state index contributed by atoms with van der Waals surface area (Å²) in [6.07, 6.45) is 3.01. The summed E-state index contributed by atoms with van der Waals surface area (Å²) in [7, 11) is 0. The number of carboxylic acid groups (broad SMARTS) is 2. The first-order valence-electron chi connectivity index (χ1n) is 8.08. The Bertz CT molecular complexity index is 1070. The minimum absolute atomic E-state index is 0.0146. The van der Waals surface area contributed by atoms with E-state index in [0.717, 1.165) is 11.3 Å². The summed E-state index contributed by atoms with van der Waals surface area (Å²) in [6.45, 7) is -0.713. The van der Waals surface area contributed by atoms with Gasteiger partial charge in [0.25, 0.3) is 5.91 Å². The molecule has 148 valence electrons. The maximum absolute atomic E-state index is 12.2.